The van der Waals surface area contributed by atoms with Gasteiger partial charge in [0.1, 0.15) is 6.61 Å². The number of carbonyl (C=O) groups excluding carboxylic acids is 1. The summed E-state index contributed by atoms with van der Waals surface area (Å²) in [5.41, 5.74) is 4.86. The molecule has 2 aromatic carbocycles. The van der Waals surface area contributed by atoms with Gasteiger partial charge in [0.05, 0.1) is 6.42 Å². The van der Waals surface area contributed by atoms with Crippen LogP contribution in [0.3, 0.4) is 0 Å². The van der Waals surface area contributed by atoms with Crippen LogP contribution in [0.25, 0.3) is 11.1 Å². The summed E-state index contributed by atoms with van der Waals surface area (Å²) < 4.78 is 5.72. The number of amides is 1. The van der Waals surface area contributed by atoms with Gasteiger partial charge in [-0.25, -0.2) is 4.79 Å². The van der Waals surface area contributed by atoms with E-state index >= 15 is 0 Å². The van der Waals surface area contributed by atoms with Gasteiger partial charge in [-0.05, 0) is 35.1 Å². The Balaban J connectivity index is 1.31. The molecule has 1 aliphatic carbocycles. The van der Waals surface area contributed by atoms with Crippen molar-refractivity contribution in [1.82, 2.24) is 10.2 Å². The highest BCUT2D eigenvalue weighted by molar-refractivity contribution is 5.79. The summed E-state index contributed by atoms with van der Waals surface area (Å²) in [6.45, 7) is 2.05. The first-order chi connectivity index (χ1) is 14.1. The quantitative estimate of drug-likeness (QED) is 0.784. The van der Waals surface area contributed by atoms with Gasteiger partial charge in [0.15, 0.2) is 0 Å². The summed E-state index contributed by atoms with van der Waals surface area (Å²) in [5, 5.41) is 12.0. The van der Waals surface area contributed by atoms with Crippen LogP contribution in [-0.2, 0) is 9.53 Å². The minimum atomic E-state index is -0.798. The second-order valence-electron chi connectivity index (χ2n) is 7.66. The molecule has 6 heteroatoms. The Labute approximate surface area is 170 Å². The van der Waals surface area contributed by atoms with Crippen molar-refractivity contribution in [3.63, 3.8) is 0 Å². The molecule has 1 fully saturated rings. The zero-order valence-corrected chi connectivity index (χ0v) is 16.3. The van der Waals surface area contributed by atoms with Crippen LogP contribution >= 0.6 is 0 Å². The van der Waals surface area contributed by atoms with Gasteiger partial charge in [0.2, 0.25) is 0 Å². The van der Waals surface area contributed by atoms with Crippen molar-refractivity contribution in [2.45, 2.75) is 31.2 Å². The monoisotopic (exact) mass is 394 g/mol. The van der Waals surface area contributed by atoms with Gasteiger partial charge in [0.25, 0.3) is 0 Å². The summed E-state index contributed by atoms with van der Waals surface area (Å²) in [4.78, 5) is 25.0. The number of aliphatic carboxylic acids is 1. The van der Waals surface area contributed by atoms with E-state index in [2.05, 4.69) is 29.6 Å². The van der Waals surface area contributed by atoms with Crippen molar-refractivity contribution in [3.05, 3.63) is 59.7 Å². The van der Waals surface area contributed by atoms with Crippen molar-refractivity contribution in [2.24, 2.45) is 0 Å². The van der Waals surface area contributed by atoms with E-state index in [0.29, 0.717) is 26.2 Å². The number of carboxylic acids is 1. The van der Waals surface area contributed by atoms with Crippen LogP contribution in [-0.4, -0.2) is 54.4 Å². The number of benzene rings is 2. The van der Waals surface area contributed by atoms with Crippen LogP contribution in [0.2, 0.25) is 0 Å². The predicted octanol–water partition coefficient (Wildman–Crippen LogP) is 3.46. The van der Waals surface area contributed by atoms with Gasteiger partial charge in [0, 0.05) is 31.6 Å². The Kier molecular flexibility index (Phi) is 5.81. The molecule has 4 rings (SSSR count). The molecule has 0 saturated carbocycles. The Hall–Kier alpha value is -2.86. The number of hydrogen-bond donors (Lipinski definition) is 2. The summed E-state index contributed by atoms with van der Waals surface area (Å²) in [6, 6.07) is 16.9. The third kappa shape index (κ3) is 4.27. The maximum Gasteiger partial charge on any atom is 0.409 e. The summed E-state index contributed by atoms with van der Waals surface area (Å²) >= 11 is 0. The number of piperidine rings is 1. The van der Waals surface area contributed by atoms with Gasteiger partial charge in [-0.1, -0.05) is 48.5 Å². The van der Waals surface area contributed by atoms with Crippen molar-refractivity contribution in [3.8, 4) is 11.1 Å². The Bertz CT molecular complexity index is 844. The molecular weight excluding hydrogens is 368 g/mol. The average molecular weight is 394 g/mol. The molecule has 1 amide bonds. The fraction of sp³-hybridized carbons (Fsp3) is 0.391. The van der Waals surface area contributed by atoms with Gasteiger partial charge >= 0.3 is 12.1 Å². The number of carbonyl (C=O) groups is 2. The van der Waals surface area contributed by atoms with Crippen LogP contribution in [0, 0.1) is 0 Å². The molecule has 0 radical (unpaired) electrons. The number of fused-ring (bicyclic) bond motifs is 3. The fourth-order valence-electron chi connectivity index (χ4n) is 4.33. The molecule has 6 nitrogen and oxygen atoms in total. The molecular formula is C23H26N2O4. The first-order valence-electron chi connectivity index (χ1n) is 10.2. The molecule has 2 N–H and O–H groups in total. The highest BCUT2D eigenvalue weighted by Crippen LogP contribution is 2.44. The summed E-state index contributed by atoms with van der Waals surface area (Å²) in [7, 11) is 0. The third-order valence-electron chi connectivity index (χ3n) is 5.86. The molecule has 0 unspecified atom stereocenters. The lowest BCUT2D eigenvalue weighted by atomic mass is 9.98. The van der Waals surface area contributed by atoms with Crippen LogP contribution in [0.4, 0.5) is 4.79 Å². The van der Waals surface area contributed by atoms with E-state index in [4.69, 9.17) is 9.84 Å². The first kappa shape index (κ1) is 19.5. The summed E-state index contributed by atoms with van der Waals surface area (Å²) in [6.07, 6.45) is 1.47. The third-order valence-corrected chi connectivity index (χ3v) is 5.86. The molecule has 1 saturated heterocycles. The van der Waals surface area contributed by atoms with E-state index in [1.165, 1.54) is 22.3 Å². The zero-order valence-electron chi connectivity index (χ0n) is 16.3. The minimum absolute atomic E-state index is 0.0709. The molecule has 29 heavy (non-hydrogen) atoms. The second-order valence-corrected chi connectivity index (χ2v) is 7.66. The molecule has 2 aromatic rings. The number of nitrogens with one attached hydrogen (secondary N) is 1. The van der Waals surface area contributed by atoms with Crippen molar-refractivity contribution < 1.29 is 19.4 Å². The SMILES string of the molecule is O=C(O)CCNC1CCN(C(=O)OCC2c3ccccc3-c3ccccc32)CC1. The van der Waals surface area contributed by atoms with E-state index in [1.807, 2.05) is 24.3 Å². The number of carboxylic acid groups (broad SMARTS) is 1. The van der Waals surface area contributed by atoms with Crippen molar-refractivity contribution in [2.75, 3.05) is 26.2 Å². The molecule has 0 atom stereocenters. The van der Waals surface area contributed by atoms with Gasteiger partial charge in [-0.2, -0.15) is 0 Å². The molecule has 0 bridgehead atoms. The predicted molar refractivity (Wildman–Crippen MR) is 110 cm³/mol. The number of ether oxygens (including phenoxy) is 1. The Morgan fingerprint density at radius 1 is 1.00 bits per heavy atom. The first-order valence-corrected chi connectivity index (χ1v) is 10.2. The lowest BCUT2D eigenvalue weighted by molar-refractivity contribution is -0.136. The normalized spacial score (nSPS) is 16.3. The van der Waals surface area contributed by atoms with E-state index in [9.17, 15) is 9.59 Å². The standard InChI is InChI=1S/C23H26N2O4/c26-22(27)9-12-24-16-10-13-25(14-11-16)23(28)29-15-21-19-7-3-1-5-17(19)18-6-2-4-8-20(18)21/h1-8,16,21,24H,9-15H2,(H,26,27). The Morgan fingerprint density at radius 3 is 2.17 bits per heavy atom. The average Bonchev–Trinajstić information content (AvgIpc) is 3.06. The lowest BCUT2D eigenvalue weighted by Gasteiger charge is -2.32. The minimum Gasteiger partial charge on any atom is -0.481 e. The second kappa shape index (κ2) is 8.66. The van der Waals surface area contributed by atoms with E-state index in [1.54, 1.807) is 4.90 Å². The number of rotatable bonds is 6. The molecule has 2 aliphatic rings. The Morgan fingerprint density at radius 2 is 1.59 bits per heavy atom. The zero-order chi connectivity index (χ0) is 20.2. The molecule has 1 heterocycles. The summed E-state index contributed by atoms with van der Waals surface area (Å²) in [5.74, 6) is -0.727. The molecule has 0 aromatic heterocycles. The maximum atomic E-state index is 12.6. The molecule has 1 aliphatic heterocycles. The van der Waals surface area contributed by atoms with Gasteiger partial charge in [-0.3, -0.25) is 4.79 Å². The van der Waals surface area contributed by atoms with Gasteiger partial charge in [-0.15, -0.1) is 0 Å². The highest BCUT2D eigenvalue weighted by atomic mass is 16.6. The van der Waals surface area contributed by atoms with Gasteiger partial charge < -0.3 is 20.1 Å². The largest absolute Gasteiger partial charge is 0.481 e. The van der Waals surface area contributed by atoms with Crippen LogP contribution < -0.4 is 5.32 Å². The molecule has 152 valence electrons. The fourth-order valence-corrected chi connectivity index (χ4v) is 4.33. The van der Waals surface area contributed by atoms with Crippen molar-refractivity contribution >= 4 is 12.1 Å². The number of nitrogens with zero attached hydrogens (tertiary/aromatic N) is 1. The van der Waals surface area contributed by atoms with Crippen LogP contribution in [0.5, 0.6) is 0 Å². The topological polar surface area (TPSA) is 78.9 Å². The number of likely N-dealkylation sites (tertiary alicyclic amines) is 1. The maximum absolute atomic E-state index is 12.6. The smallest absolute Gasteiger partial charge is 0.409 e. The van der Waals surface area contributed by atoms with E-state index < -0.39 is 5.97 Å². The lowest BCUT2D eigenvalue weighted by Crippen LogP contribution is -2.45. The van der Waals surface area contributed by atoms with E-state index in [-0.39, 0.29) is 24.5 Å². The van der Waals surface area contributed by atoms with Crippen molar-refractivity contribution in [1.29, 1.82) is 0 Å². The molecule has 0 spiro atoms. The number of hydrogen-bond acceptors (Lipinski definition) is 4. The van der Waals surface area contributed by atoms with Crippen LogP contribution in [0.15, 0.2) is 48.5 Å². The highest BCUT2D eigenvalue weighted by Gasteiger charge is 2.30. The van der Waals surface area contributed by atoms with Crippen LogP contribution in [0.1, 0.15) is 36.3 Å². The van der Waals surface area contributed by atoms with E-state index in [0.717, 1.165) is 12.8 Å².